The molecule has 0 amide bonds. The van der Waals surface area contributed by atoms with Gasteiger partial charge in [0.05, 0.1) is 12.2 Å². The van der Waals surface area contributed by atoms with E-state index in [1.807, 2.05) is 6.07 Å². The quantitative estimate of drug-likeness (QED) is 0.529. The van der Waals surface area contributed by atoms with E-state index >= 15 is 0 Å². The number of carbonyl (C=O) groups excluding carboxylic acids is 1. The van der Waals surface area contributed by atoms with Crippen LogP contribution in [0.3, 0.4) is 0 Å². The van der Waals surface area contributed by atoms with E-state index in [1.165, 1.54) is 44.1 Å². The van der Waals surface area contributed by atoms with E-state index < -0.39 is 0 Å². The van der Waals surface area contributed by atoms with E-state index in [0.717, 1.165) is 38.0 Å². The van der Waals surface area contributed by atoms with Gasteiger partial charge < -0.3 is 14.5 Å². The fraction of sp³-hybridized carbons (Fsp3) is 0.731. The number of ether oxygens (including phenoxy) is 1. The fourth-order valence-electron chi connectivity index (χ4n) is 7.18. The lowest BCUT2D eigenvalue weighted by Crippen LogP contribution is -2.47. The third-order valence-electron chi connectivity index (χ3n) is 8.87. The second-order valence-electron chi connectivity index (χ2n) is 10.7. The van der Waals surface area contributed by atoms with Crippen LogP contribution in [0.2, 0.25) is 0 Å². The Labute approximate surface area is 180 Å². The first-order chi connectivity index (χ1) is 14.5. The summed E-state index contributed by atoms with van der Waals surface area (Å²) >= 11 is 0. The number of furan rings is 1. The van der Waals surface area contributed by atoms with Crippen molar-refractivity contribution in [2.75, 3.05) is 6.54 Å². The van der Waals surface area contributed by atoms with Crippen molar-refractivity contribution >= 4 is 5.97 Å². The maximum absolute atomic E-state index is 12.8. The van der Waals surface area contributed by atoms with Crippen molar-refractivity contribution in [2.24, 2.45) is 29.1 Å². The molecule has 5 rings (SSSR count). The highest BCUT2D eigenvalue weighted by Crippen LogP contribution is 2.56. The molecule has 0 unspecified atom stereocenters. The Morgan fingerprint density at radius 2 is 2.13 bits per heavy atom. The zero-order valence-corrected chi connectivity index (χ0v) is 18.4. The van der Waals surface area contributed by atoms with E-state index in [9.17, 15) is 4.79 Å². The number of carbonyl (C=O) groups is 1. The van der Waals surface area contributed by atoms with Crippen molar-refractivity contribution < 1.29 is 13.9 Å². The minimum atomic E-state index is 0.000431. The molecule has 0 aromatic carbocycles. The van der Waals surface area contributed by atoms with Gasteiger partial charge in [-0.3, -0.25) is 4.79 Å². The van der Waals surface area contributed by atoms with Gasteiger partial charge in [-0.25, -0.2) is 0 Å². The van der Waals surface area contributed by atoms with Crippen LogP contribution in [-0.4, -0.2) is 24.7 Å². The van der Waals surface area contributed by atoms with E-state index in [1.54, 1.807) is 6.26 Å². The van der Waals surface area contributed by atoms with Crippen LogP contribution < -0.4 is 5.32 Å². The molecule has 1 saturated heterocycles. The van der Waals surface area contributed by atoms with Crippen molar-refractivity contribution in [3.63, 3.8) is 0 Å². The minimum absolute atomic E-state index is 0.000431. The van der Waals surface area contributed by atoms with Crippen molar-refractivity contribution in [1.29, 1.82) is 0 Å². The number of allylic oxidation sites excluding steroid dienone is 1. The molecule has 4 fully saturated rings. The number of fused-ring (bicyclic) bond motifs is 2. The first-order valence-electron chi connectivity index (χ1n) is 12.2. The maximum atomic E-state index is 12.8. The SMILES string of the molecule is C=C1CCC[C@]2(C)C[C@H]3OC(=O)[C@H](CN[C@@H]4CCCC[C@H]4Cc4ccco4)[C@H]3C[C@H]12. The number of hydrogen-bond acceptors (Lipinski definition) is 4. The molecule has 1 aromatic heterocycles. The molecule has 0 bridgehead atoms. The predicted molar refractivity (Wildman–Crippen MR) is 117 cm³/mol. The van der Waals surface area contributed by atoms with Crippen LogP contribution in [0.4, 0.5) is 0 Å². The van der Waals surface area contributed by atoms with Crippen LogP contribution in [0.25, 0.3) is 0 Å². The van der Waals surface area contributed by atoms with Crippen LogP contribution in [0.1, 0.15) is 70.5 Å². The topological polar surface area (TPSA) is 51.5 Å². The van der Waals surface area contributed by atoms with Gasteiger partial charge in [0.1, 0.15) is 11.9 Å². The third kappa shape index (κ3) is 3.77. The molecule has 30 heavy (non-hydrogen) atoms. The molecule has 0 spiro atoms. The molecule has 7 atom stereocenters. The van der Waals surface area contributed by atoms with Gasteiger partial charge in [0.25, 0.3) is 0 Å². The molecule has 4 aliphatic rings. The first kappa shape index (κ1) is 20.4. The largest absolute Gasteiger partial charge is 0.469 e. The number of rotatable bonds is 5. The van der Waals surface area contributed by atoms with E-state index in [-0.39, 0.29) is 23.4 Å². The average Bonchev–Trinajstić information content (AvgIpc) is 3.33. The molecule has 1 aromatic rings. The molecule has 3 aliphatic carbocycles. The van der Waals surface area contributed by atoms with Crippen LogP contribution in [0, 0.1) is 29.1 Å². The Bertz CT molecular complexity index is 771. The molecule has 164 valence electrons. The van der Waals surface area contributed by atoms with Crippen LogP contribution >= 0.6 is 0 Å². The van der Waals surface area contributed by atoms with E-state index in [0.29, 0.717) is 23.8 Å². The summed E-state index contributed by atoms with van der Waals surface area (Å²) in [7, 11) is 0. The molecular weight excluding hydrogens is 374 g/mol. The smallest absolute Gasteiger partial charge is 0.310 e. The van der Waals surface area contributed by atoms with Gasteiger partial charge in [-0.2, -0.15) is 0 Å². The van der Waals surface area contributed by atoms with Gasteiger partial charge in [-0.15, -0.1) is 0 Å². The molecule has 3 saturated carbocycles. The molecule has 4 heteroatoms. The standard InChI is InChI=1S/C26H37NO3/c1-17-7-5-11-26(2)15-24-20(14-22(17)26)21(25(28)30-24)16-27-23-10-4-3-8-18(23)13-19-9-6-12-29-19/h6,9,12,18,20-24,27H,1,3-5,7-8,10-11,13-16H2,2H3/t18-,20+,21+,22+,23+,24+,26+/m0/s1. The molecule has 1 aliphatic heterocycles. The summed E-state index contributed by atoms with van der Waals surface area (Å²) < 4.78 is 11.6. The lowest BCUT2D eigenvalue weighted by atomic mass is 9.55. The highest BCUT2D eigenvalue weighted by molar-refractivity contribution is 5.75. The lowest BCUT2D eigenvalue weighted by molar-refractivity contribution is -0.146. The lowest BCUT2D eigenvalue weighted by Gasteiger charge is -2.50. The second-order valence-corrected chi connectivity index (χ2v) is 10.7. The molecule has 0 radical (unpaired) electrons. The van der Waals surface area contributed by atoms with Gasteiger partial charge in [0, 0.05) is 24.9 Å². The molecule has 1 N–H and O–H groups in total. The maximum Gasteiger partial charge on any atom is 0.310 e. The summed E-state index contributed by atoms with van der Waals surface area (Å²) in [6.07, 6.45) is 13.6. The van der Waals surface area contributed by atoms with Gasteiger partial charge in [-0.05, 0) is 74.3 Å². The summed E-state index contributed by atoms with van der Waals surface area (Å²) in [6.45, 7) is 7.58. The second kappa shape index (κ2) is 8.18. The Balaban J connectivity index is 1.24. The third-order valence-corrected chi connectivity index (χ3v) is 8.87. The summed E-state index contributed by atoms with van der Waals surface area (Å²) in [5, 5.41) is 3.82. The van der Waals surface area contributed by atoms with E-state index in [4.69, 9.17) is 9.15 Å². The Morgan fingerprint density at radius 1 is 1.27 bits per heavy atom. The zero-order chi connectivity index (χ0) is 20.7. The summed E-state index contributed by atoms with van der Waals surface area (Å²) in [5.41, 5.74) is 1.69. The van der Waals surface area contributed by atoms with Crippen LogP contribution in [0.5, 0.6) is 0 Å². The zero-order valence-electron chi connectivity index (χ0n) is 18.4. The van der Waals surface area contributed by atoms with Gasteiger partial charge in [0.15, 0.2) is 0 Å². The summed E-state index contributed by atoms with van der Waals surface area (Å²) in [4.78, 5) is 12.8. The van der Waals surface area contributed by atoms with Gasteiger partial charge in [0.2, 0.25) is 0 Å². The fourth-order valence-corrected chi connectivity index (χ4v) is 7.18. The summed E-state index contributed by atoms with van der Waals surface area (Å²) in [5.74, 6) is 2.61. The van der Waals surface area contributed by atoms with Gasteiger partial charge in [-0.1, -0.05) is 31.9 Å². The van der Waals surface area contributed by atoms with Crippen molar-refractivity contribution in [1.82, 2.24) is 5.32 Å². The molecule has 2 heterocycles. The van der Waals surface area contributed by atoms with Crippen molar-refractivity contribution in [3.8, 4) is 0 Å². The molecule has 4 nitrogen and oxygen atoms in total. The van der Waals surface area contributed by atoms with Crippen LogP contribution in [0.15, 0.2) is 35.0 Å². The van der Waals surface area contributed by atoms with E-state index in [2.05, 4.69) is 24.9 Å². The van der Waals surface area contributed by atoms with Gasteiger partial charge >= 0.3 is 5.97 Å². The Morgan fingerprint density at radius 3 is 2.97 bits per heavy atom. The number of hydrogen-bond donors (Lipinski definition) is 1. The highest BCUT2D eigenvalue weighted by Gasteiger charge is 2.55. The minimum Gasteiger partial charge on any atom is -0.469 e. The van der Waals surface area contributed by atoms with Crippen molar-refractivity contribution in [2.45, 2.75) is 83.3 Å². The highest BCUT2D eigenvalue weighted by atomic mass is 16.6. The monoisotopic (exact) mass is 411 g/mol. The summed E-state index contributed by atoms with van der Waals surface area (Å²) in [6, 6.07) is 4.53. The Kier molecular flexibility index (Phi) is 5.55. The first-order valence-corrected chi connectivity index (χ1v) is 12.2. The normalized spacial score (nSPS) is 41.2. The molecular formula is C26H37NO3. The average molecular weight is 412 g/mol. The predicted octanol–water partition coefficient (Wildman–Crippen LogP) is 5.28. The van der Waals surface area contributed by atoms with Crippen LogP contribution in [-0.2, 0) is 16.0 Å². The Hall–Kier alpha value is -1.55. The number of esters is 1. The number of nitrogens with one attached hydrogen (secondary N) is 1. The van der Waals surface area contributed by atoms with Crippen molar-refractivity contribution in [3.05, 3.63) is 36.3 Å².